The zero-order valence-electron chi connectivity index (χ0n) is 15.4. The van der Waals surface area contributed by atoms with E-state index in [-0.39, 0.29) is 0 Å². The first-order chi connectivity index (χ1) is 11.8. The van der Waals surface area contributed by atoms with Crippen LogP contribution in [0.25, 0.3) is 0 Å². The molecule has 6 heteroatoms. The molecule has 6 nitrogen and oxygen atoms in total. The van der Waals surface area contributed by atoms with Crippen LogP contribution in [0.4, 0.5) is 0 Å². The van der Waals surface area contributed by atoms with Crippen LogP contribution in [0.3, 0.4) is 0 Å². The van der Waals surface area contributed by atoms with E-state index in [9.17, 15) is 0 Å². The van der Waals surface area contributed by atoms with Crippen molar-refractivity contribution in [2.24, 2.45) is 4.99 Å². The van der Waals surface area contributed by atoms with Gasteiger partial charge in [0.05, 0.1) is 0 Å². The second-order valence-corrected chi connectivity index (χ2v) is 6.64. The third-order valence-corrected chi connectivity index (χ3v) is 4.74. The molecule has 1 aliphatic rings. The number of unbranched alkanes of at least 4 members (excludes halogenated alkanes) is 1. The second-order valence-electron chi connectivity index (χ2n) is 6.64. The molecule has 2 rings (SSSR count). The molecule has 2 N–H and O–H groups in total. The van der Waals surface area contributed by atoms with Crippen molar-refractivity contribution in [3.63, 3.8) is 0 Å². The maximum Gasteiger partial charge on any atom is 0.190 e. The van der Waals surface area contributed by atoms with E-state index in [1.807, 2.05) is 30.2 Å². The lowest BCUT2D eigenvalue weighted by Gasteiger charge is -2.33. The summed E-state index contributed by atoms with van der Waals surface area (Å²) in [5, 5.41) is 11.0. The monoisotopic (exact) mass is 334 g/mol. The number of aryl methyl sites for hydroxylation is 1. The summed E-state index contributed by atoms with van der Waals surface area (Å²) in [4.78, 5) is 6.93. The van der Waals surface area contributed by atoms with Crippen LogP contribution < -0.4 is 10.6 Å². The SMILES string of the molecule is CN=C(NCCCCN1CCCCC1C)NCCCn1cccn1. The number of aromatic nitrogens is 2. The number of nitrogens with one attached hydrogen (secondary N) is 2. The summed E-state index contributed by atoms with van der Waals surface area (Å²) in [7, 11) is 1.83. The van der Waals surface area contributed by atoms with Crippen LogP contribution in [0.15, 0.2) is 23.5 Å². The predicted octanol–water partition coefficient (Wildman–Crippen LogP) is 2.09. The number of piperidine rings is 1. The van der Waals surface area contributed by atoms with Gasteiger partial charge >= 0.3 is 0 Å². The van der Waals surface area contributed by atoms with Gasteiger partial charge in [0.25, 0.3) is 0 Å². The van der Waals surface area contributed by atoms with Gasteiger partial charge in [0, 0.05) is 45.1 Å². The molecular formula is C18H34N6. The largest absolute Gasteiger partial charge is 0.356 e. The fraction of sp³-hybridized carbons (Fsp3) is 0.778. The van der Waals surface area contributed by atoms with Gasteiger partial charge in [-0.1, -0.05) is 6.42 Å². The molecule has 0 radical (unpaired) electrons. The smallest absolute Gasteiger partial charge is 0.190 e. The number of aliphatic imine (C=N–C) groups is 1. The Morgan fingerprint density at radius 1 is 1.17 bits per heavy atom. The summed E-state index contributed by atoms with van der Waals surface area (Å²) in [5.41, 5.74) is 0. The molecule has 1 atom stereocenters. The van der Waals surface area contributed by atoms with Gasteiger partial charge < -0.3 is 15.5 Å². The molecule has 1 fully saturated rings. The lowest BCUT2D eigenvalue weighted by Crippen LogP contribution is -2.39. The van der Waals surface area contributed by atoms with E-state index in [1.54, 1.807) is 0 Å². The minimum atomic E-state index is 0.774. The molecule has 1 saturated heterocycles. The molecule has 0 aliphatic carbocycles. The molecule has 1 aromatic rings. The van der Waals surface area contributed by atoms with E-state index < -0.39 is 0 Å². The van der Waals surface area contributed by atoms with Gasteiger partial charge in [0.2, 0.25) is 0 Å². The van der Waals surface area contributed by atoms with Gasteiger partial charge in [-0.3, -0.25) is 9.67 Å². The van der Waals surface area contributed by atoms with Crippen LogP contribution in [-0.2, 0) is 6.54 Å². The Morgan fingerprint density at radius 2 is 2.00 bits per heavy atom. The maximum atomic E-state index is 4.28. The molecule has 1 aromatic heterocycles. The number of rotatable bonds is 9. The standard InChI is InChI=1S/C18H34N6/c1-17-9-3-5-13-23(17)14-6-4-10-20-18(19-2)21-11-7-15-24-16-8-12-22-24/h8,12,16-17H,3-7,9-11,13-15H2,1-2H3,(H2,19,20,21). The first-order valence-corrected chi connectivity index (χ1v) is 9.45. The van der Waals surface area contributed by atoms with Crippen molar-refractivity contribution in [3.05, 3.63) is 18.5 Å². The van der Waals surface area contributed by atoms with E-state index in [4.69, 9.17) is 0 Å². The van der Waals surface area contributed by atoms with E-state index >= 15 is 0 Å². The molecule has 0 amide bonds. The van der Waals surface area contributed by atoms with Crippen molar-refractivity contribution >= 4 is 5.96 Å². The van der Waals surface area contributed by atoms with Crippen molar-refractivity contribution in [2.75, 3.05) is 33.2 Å². The number of nitrogens with zero attached hydrogens (tertiary/aromatic N) is 4. The molecule has 24 heavy (non-hydrogen) atoms. The minimum Gasteiger partial charge on any atom is -0.356 e. The Kier molecular flexibility index (Phi) is 8.66. The van der Waals surface area contributed by atoms with Crippen LogP contribution in [0.1, 0.15) is 45.4 Å². The van der Waals surface area contributed by atoms with Crippen molar-refractivity contribution in [3.8, 4) is 0 Å². The fourth-order valence-corrected chi connectivity index (χ4v) is 3.24. The summed E-state index contributed by atoms with van der Waals surface area (Å²) in [5.74, 6) is 0.904. The molecule has 0 aromatic carbocycles. The third-order valence-electron chi connectivity index (χ3n) is 4.74. The van der Waals surface area contributed by atoms with Crippen LogP contribution >= 0.6 is 0 Å². The summed E-state index contributed by atoms with van der Waals surface area (Å²) in [6, 6.07) is 2.73. The van der Waals surface area contributed by atoms with Crippen LogP contribution in [0.5, 0.6) is 0 Å². The highest BCUT2D eigenvalue weighted by atomic mass is 15.3. The molecular weight excluding hydrogens is 300 g/mol. The maximum absolute atomic E-state index is 4.28. The van der Waals surface area contributed by atoms with Crippen LogP contribution in [0.2, 0.25) is 0 Å². The Labute approximate surface area is 146 Å². The average Bonchev–Trinajstić information content (AvgIpc) is 3.11. The zero-order chi connectivity index (χ0) is 17.0. The lowest BCUT2D eigenvalue weighted by atomic mass is 10.0. The van der Waals surface area contributed by atoms with E-state index in [0.717, 1.165) is 38.1 Å². The normalized spacial score (nSPS) is 19.4. The van der Waals surface area contributed by atoms with Crippen LogP contribution in [0, 0.1) is 0 Å². The Hall–Kier alpha value is -1.56. The summed E-state index contributed by atoms with van der Waals surface area (Å²) >= 11 is 0. The Bertz CT molecular complexity index is 456. The number of likely N-dealkylation sites (tertiary alicyclic amines) is 1. The molecule has 136 valence electrons. The van der Waals surface area contributed by atoms with E-state index in [0.29, 0.717) is 0 Å². The highest BCUT2D eigenvalue weighted by Crippen LogP contribution is 2.16. The Morgan fingerprint density at radius 3 is 2.71 bits per heavy atom. The molecule has 1 unspecified atom stereocenters. The molecule has 0 bridgehead atoms. The zero-order valence-corrected chi connectivity index (χ0v) is 15.4. The van der Waals surface area contributed by atoms with Crippen molar-refractivity contribution in [2.45, 2.75) is 58.0 Å². The highest BCUT2D eigenvalue weighted by Gasteiger charge is 2.16. The molecule has 0 spiro atoms. The minimum absolute atomic E-state index is 0.774. The Balaban J connectivity index is 1.48. The van der Waals surface area contributed by atoms with Gasteiger partial charge in [0.1, 0.15) is 0 Å². The number of hydrogen-bond acceptors (Lipinski definition) is 3. The fourth-order valence-electron chi connectivity index (χ4n) is 3.24. The van der Waals surface area contributed by atoms with Gasteiger partial charge in [0.15, 0.2) is 5.96 Å². The third kappa shape index (κ3) is 6.91. The first kappa shape index (κ1) is 18.8. The number of hydrogen-bond donors (Lipinski definition) is 2. The van der Waals surface area contributed by atoms with Crippen molar-refractivity contribution in [1.82, 2.24) is 25.3 Å². The quantitative estimate of drug-likeness (QED) is 0.412. The van der Waals surface area contributed by atoms with E-state index in [1.165, 1.54) is 45.2 Å². The molecule has 2 heterocycles. The topological polar surface area (TPSA) is 57.5 Å². The lowest BCUT2D eigenvalue weighted by molar-refractivity contribution is 0.158. The molecule has 1 aliphatic heterocycles. The summed E-state index contributed by atoms with van der Waals surface area (Å²) in [6.07, 6.45) is 11.4. The second kappa shape index (κ2) is 11.1. The van der Waals surface area contributed by atoms with E-state index in [2.05, 4.69) is 32.5 Å². The van der Waals surface area contributed by atoms with Gasteiger partial charge in [-0.25, -0.2) is 0 Å². The highest BCUT2D eigenvalue weighted by molar-refractivity contribution is 5.79. The van der Waals surface area contributed by atoms with Crippen LogP contribution in [-0.4, -0.2) is 59.9 Å². The average molecular weight is 335 g/mol. The molecule has 0 saturated carbocycles. The first-order valence-electron chi connectivity index (χ1n) is 9.45. The van der Waals surface area contributed by atoms with Gasteiger partial charge in [-0.2, -0.15) is 5.10 Å². The summed E-state index contributed by atoms with van der Waals surface area (Å²) < 4.78 is 1.96. The van der Waals surface area contributed by atoms with Crippen molar-refractivity contribution < 1.29 is 0 Å². The van der Waals surface area contributed by atoms with Gasteiger partial charge in [-0.15, -0.1) is 0 Å². The predicted molar refractivity (Wildman–Crippen MR) is 100 cm³/mol. The van der Waals surface area contributed by atoms with Crippen molar-refractivity contribution in [1.29, 1.82) is 0 Å². The van der Waals surface area contributed by atoms with Gasteiger partial charge in [-0.05, 0) is 58.2 Å². The number of guanidine groups is 1. The summed E-state index contributed by atoms with van der Waals surface area (Å²) in [6.45, 7) is 7.72.